The minimum atomic E-state index is -0.459. The summed E-state index contributed by atoms with van der Waals surface area (Å²) in [5, 5.41) is 0.673. The van der Waals surface area contributed by atoms with Crippen LogP contribution in [0.4, 0.5) is 10.5 Å². The van der Waals surface area contributed by atoms with E-state index in [0.717, 1.165) is 0 Å². The van der Waals surface area contributed by atoms with E-state index in [9.17, 15) is 9.59 Å². The Labute approximate surface area is 175 Å². The van der Waals surface area contributed by atoms with Crippen LogP contribution in [0.5, 0.6) is 11.5 Å². The minimum absolute atomic E-state index is 0.252. The maximum Gasteiger partial charge on any atom is 0.409 e. The second kappa shape index (κ2) is 9.51. The van der Waals surface area contributed by atoms with Crippen molar-refractivity contribution in [2.45, 2.75) is 13.8 Å². The number of carbonyl (C=O) groups excluding carboxylic acids is 2. The van der Waals surface area contributed by atoms with Crippen LogP contribution in [0.2, 0.25) is 0 Å². The van der Waals surface area contributed by atoms with Crippen molar-refractivity contribution in [3.8, 4) is 11.5 Å². The number of nitrogens with zero attached hydrogens (tertiary/aromatic N) is 3. The fraction of sp³-hybridized carbons (Fsp3) is 0.476. The normalized spacial score (nSPS) is 13.9. The van der Waals surface area contributed by atoms with Gasteiger partial charge in [0.25, 0.3) is 0 Å². The van der Waals surface area contributed by atoms with Crippen molar-refractivity contribution in [1.29, 1.82) is 0 Å². The van der Waals surface area contributed by atoms with Crippen molar-refractivity contribution < 1.29 is 28.5 Å². The summed E-state index contributed by atoms with van der Waals surface area (Å²) >= 11 is 0. The van der Waals surface area contributed by atoms with Crippen LogP contribution < -0.4 is 14.4 Å². The van der Waals surface area contributed by atoms with Crippen molar-refractivity contribution >= 4 is 28.7 Å². The molecule has 0 atom stereocenters. The first-order valence-corrected chi connectivity index (χ1v) is 9.93. The molecule has 0 unspecified atom stereocenters. The highest BCUT2D eigenvalue weighted by molar-refractivity contribution is 6.09. The number of ether oxygens (including phenoxy) is 4. The predicted molar refractivity (Wildman–Crippen MR) is 112 cm³/mol. The molecule has 0 aliphatic carbocycles. The zero-order valence-corrected chi connectivity index (χ0v) is 17.8. The van der Waals surface area contributed by atoms with Crippen molar-refractivity contribution in [3.63, 3.8) is 0 Å². The molecular formula is C21H27N3O6. The number of pyridine rings is 1. The molecule has 162 valence electrons. The lowest BCUT2D eigenvalue weighted by Crippen LogP contribution is -2.49. The fourth-order valence-corrected chi connectivity index (χ4v) is 3.58. The molecule has 3 rings (SSSR count). The third kappa shape index (κ3) is 4.05. The maximum absolute atomic E-state index is 12.7. The topological polar surface area (TPSA) is 90.4 Å². The molecule has 9 nitrogen and oxygen atoms in total. The number of aromatic nitrogens is 1. The van der Waals surface area contributed by atoms with Crippen LogP contribution in [0.15, 0.2) is 18.3 Å². The lowest BCUT2D eigenvalue weighted by atomic mass is 10.1. The lowest BCUT2D eigenvalue weighted by Gasteiger charge is -2.36. The van der Waals surface area contributed by atoms with Gasteiger partial charge in [-0.05, 0) is 26.0 Å². The average Bonchev–Trinajstić information content (AvgIpc) is 2.77. The minimum Gasteiger partial charge on any atom is -0.496 e. The Morgan fingerprint density at radius 1 is 0.967 bits per heavy atom. The highest BCUT2D eigenvalue weighted by atomic mass is 16.6. The van der Waals surface area contributed by atoms with Gasteiger partial charge in [0.15, 0.2) is 0 Å². The van der Waals surface area contributed by atoms with Crippen molar-refractivity contribution in [2.24, 2.45) is 0 Å². The number of hydrogen-bond donors (Lipinski definition) is 0. The highest BCUT2D eigenvalue weighted by Gasteiger charge is 2.29. The van der Waals surface area contributed by atoms with Gasteiger partial charge in [-0.3, -0.25) is 4.98 Å². The third-order valence-electron chi connectivity index (χ3n) is 4.97. The van der Waals surface area contributed by atoms with Gasteiger partial charge in [-0.25, -0.2) is 9.59 Å². The Hall–Kier alpha value is -3.23. The maximum atomic E-state index is 12.7. The molecule has 1 aliphatic heterocycles. The van der Waals surface area contributed by atoms with Crippen LogP contribution in [0.3, 0.4) is 0 Å². The third-order valence-corrected chi connectivity index (χ3v) is 4.97. The summed E-state index contributed by atoms with van der Waals surface area (Å²) in [5.41, 5.74) is 1.60. The van der Waals surface area contributed by atoms with Gasteiger partial charge in [0.2, 0.25) is 0 Å². The van der Waals surface area contributed by atoms with Gasteiger partial charge in [-0.2, -0.15) is 0 Å². The molecule has 9 heteroatoms. The molecule has 0 saturated carbocycles. The molecule has 1 aliphatic rings. The van der Waals surface area contributed by atoms with E-state index >= 15 is 0 Å². The van der Waals surface area contributed by atoms with E-state index in [0.29, 0.717) is 66.4 Å². The zero-order chi connectivity index (χ0) is 21.7. The average molecular weight is 417 g/mol. The Kier molecular flexibility index (Phi) is 6.81. The summed E-state index contributed by atoms with van der Waals surface area (Å²) in [6.45, 7) is 6.10. The summed E-state index contributed by atoms with van der Waals surface area (Å²) in [5.74, 6) is 0.694. The first-order valence-electron chi connectivity index (χ1n) is 9.93. The number of hydrogen-bond acceptors (Lipinski definition) is 8. The molecule has 0 bridgehead atoms. The van der Waals surface area contributed by atoms with Gasteiger partial charge in [0, 0.05) is 32.4 Å². The van der Waals surface area contributed by atoms with Crippen LogP contribution in [0.25, 0.3) is 10.9 Å². The molecule has 2 heterocycles. The van der Waals surface area contributed by atoms with Crippen LogP contribution in [-0.2, 0) is 9.47 Å². The number of esters is 1. The second-order valence-corrected chi connectivity index (χ2v) is 6.61. The van der Waals surface area contributed by atoms with Gasteiger partial charge in [0.05, 0.1) is 38.5 Å². The van der Waals surface area contributed by atoms with Crippen molar-refractivity contribution in [3.05, 3.63) is 23.9 Å². The standard InChI is InChI=1S/C21H27N3O6/c1-5-29-20(25)14-13-22-18-16(28-4)8-7-15(27-3)17(18)19(14)23-9-11-24(12-10-23)21(26)30-6-2/h7-8,13H,5-6,9-12H2,1-4H3. The first kappa shape index (κ1) is 21.5. The van der Waals surface area contributed by atoms with E-state index in [2.05, 4.69) is 4.98 Å². The number of fused-ring (bicyclic) bond motifs is 1. The van der Waals surface area contributed by atoms with Crippen LogP contribution in [0, 0.1) is 0 Å². The van der Waals surface area contributed by atoms with E-state index in [-0.39, 0.29) is 12.7 Å². The van der Waals surface area contributed by atoms with Crippen molar-refractivity contribution in [1.82, 2.24) is 9.88 Å². The Bertz CT molecular complexity index is 925. The van der Waals surface area contributed by atoms with E-state index < -0.39 is 5.97 Å². The van der Waals surface area contributed by atoms with Gasteiger partial charge >= 0.3 is 12.1 Å². The summed E-state index contributed by atoms with van der Waals surface area (Å²) in [6.07, 6.45) is 1.18. The van der Waals surface area contributed by atoms with Gasteiger partial charge in [0.1, 0.15) is 22.6 Å². The number of amides is 1. The fourth-order valence-electron chi connectivity index (χ4n) is 3.58. The van der Waals surface area contributed by atoms with Gasteiger partial charge < -0.3 is 28.7 Å². The van der Waals surface area contributed by atoms with Crippen LogP contribution >= 0.6 is 0 Å². The SMILES string of the molecule is CCOC(=O)c1cnc2c(OC)ccc(OC)c2c1N1CCN(C(=O)OCC)CC1. The Morgan fingerprint density at radius 3 is 2.20 bits per heavy atom. The quantitative estimate of drug-likeness (QED) is 0.663. The molecule has 0 radical (unpaired) electrons. The molecule has 2 aromatic rings. The van der Waals surface area contributed by atoms with Crippen LogP contribution in [-0.4, -0.2) is 75.6 Å². The lowest BCUT2D eigenvalue weighted by molar-refractivity contribution is 0.0526. The smallest absolute Gasteiger partial charge is 0.409 e. The van der Waals surface area contributed by atoms with Gasteiger partial charge in [-0.1, -0.05) is 0 Å². The zero-order valence-electron chi connectivity index (χ0n) is 17.8. The van der Waals surface area contributed by atoms with E-state index in [1.54, 1.807) is 45.1 Å². The molecule has 1 aromatic heterocycles. The van der Waals surface area contributed by atoms with E-state index in [4.69, 9.17) is 18.9 Å². The number of methoxy groups -OCH3 is 2. The number of piperazine rings is 1. The summed E-state index contributed by atoms with van der Waals surface area (Å²) in [4.78, 5) is 33.0. The number of anilines is 1. The van der Waals surface area contributed by atoms with Gasteiger partial charge in [-0.15, -0.1) is 0 Å². The second-order valence-electron chi connectivity index (χ2n) is 6.61. The van der Waals surface area contributed by atoms with E-state index in [1.165, 1.54) is 6.20 Å². The monoisotopic (exact) mass is 417 g/mol. The van der Waals surface area contributed by atoms with Crippen molar-refractivity contribution in [2.75, 3.05) is 58.5 Å². The summed E-state index contributed by atoms with van der Waals surface area (Å²) < 4.78 is 21.4. The van der Waals surface area contributed by atoms with Crippen LogP contribution in [0.1, 0.15) is 24.2 Å². The number of rotatable bonds is 6. The number of carbonyl (C=O) groups is 2. The molecule has 0 N–H and O–H groups in total. The summed E-state index contributed by atoms with van der Waals surface area (Å²) in [7, 11) is 3.14. The first-order chi connectivity index (χ1) is 14.5. The predicted octanol–water partition coefficient (Wildman–Crippen LogP) is 2.71. The molecule has 1 fully saturated rings. The number of benzene rings is 1. The highest BCUT2D eigenvalue weighted by Crippen LogP contribution is 2.40. The summed E-state index contributed by atoms with van der Waals surface area (Å²) in [6, 6.07) is 3.57. The Balaban J connectivity index is 2.09. The molecule has 30 heavy (non-hydrogen) atoms. The molecule has 0 spiro atoms. The molecule has 1 saturated heterocycles. The Morgan fingerprint density at radius 2 is 1.60 bits per heavy atom. The largest absolute Gasteiger partial charge is 0.496 e. The molecule has 1 amide bonds. The molecule has 1 aromatic carbocycles. The van der Waals surface area contributed by atoms with E-state index in [1.807, 2.05) is 4.90 Å². The molecular weight excluding hydrogens is 390 g/mol.